The third kappa shape index (κ3) is 4.07. The van der Waals surface area contributed by atoms with Gasteiger partial charge in [0, 0.05) is 11.3 Å². The van der Waals surface area contributed by atoms with E-state index in [1.54, 1.807) is 12.1 Å². The van der Waals surface area contributed by atoms with Crippen molar-refractivity contribution in [3.63, 3.8) is 0 Å². The predicted octanol–water partition coefficient (Wildman–Crippen LogP) is 4.63. The Labute approximate surface area is 170 Å². The van der Waals surface area contributed by atoms with Crippen LogP contribution in [0.3, 0.4) is 0 Å². The number of rotatable bonds is 3. The fraction of sp³-hybridized carbons (Fsp3) is 0.318. The molecule has 1 saturated carbocycles. The minimum Gasteiger partial charge on any atom is -0.508 e. The third-order valence-electron chi connectivity index (χ3n) is 5.29. The molecule has 0 unspecified atom stereocenters. The van der Waals surface area contributed by atoms with Crippen LogP contribution < -0.4 is 20.9 Å². The molecule has 28 heavy (non-hydrogen) atoms. The summed E-state index contributed by atoms with van der Waals surface area (Å²) in [6.45, 7) is 2.05. The Kier molecular flexibility index (Phi) is 5.13. The lowest BCUT2D eigenvalue weighted by atomic mass is 9.82. The topological polar surface area (TPSA) is 65.5 Å². The number of benzene rings is 2. The van der Waals surface area contributed by atoms with Gasteiger partial charge in [0.25, 0.3) is 0 Å². The maximum atomic E-state index is 9.93. The molecule has 4 N–H and O–H groups in total. The molecule has 5 nitrogen and oxygen atoms in total. The summed E-state index contributed by atoms with van der Waals surface area (Å²) in [6.07, 6.45) is 7.66. The number of phenols is 1. The molecule has 6 heteroatoms. The lowest BCUT2D eigenvalue weighted by Gasteiger charge is -2.39. The molecule has 1 aliphatic heterocycles. The average molecular weight is 396 g/mol. The molecule has 1 heterocycles. The van der Waals surface area contributed by atoms with E-state index in [0.717, 1.165) is 48.4 Å². The average Bonchev–Trinajstić information content (AvgIpc) is 2.69. The first kappa shape index (κ1) is 18.6. The monoisotopic (exact) mass is 395 g/mol. The van der Waals surface area contributed by atoms with Crippen molar-refractivity contribution in [2.75, 3.05) is 5.32 Å². The highest BCUT2D eigenvalue weighted by atomic mass is 32.1. The SMILES string of the molecule is Cc1ccc(NC(=S)NNC2=CC3(CCCCC3)Oc3ccc(O)cc32)cc1. The second kappa shape index (κ2) is 7.72. The van der Waals surface area contributed by atoms with Gasteiger partial charge in [-0.3, -0.25) is 10.9 Å². The summed E-state index contributed by atoms with van der Waals surface area (Å²) in [7, 11) is 0. The van der Waals surface area contributed by atoms with Crippen LogP contribution in [0.15, 0.2) is 48.5 Å². The highest BCUT2D eigenvalue weighted by Gasteiger charge is 2.37. The zero-order valence-corrected chi connectivity index (χ0v) is 16.7. The number of aryl methyl sites for hydroxylation is 1. The van der Waals surface area contributed by atoms with Gasteiger partial charge in [0.05, 0.1) is 5.70 Å². The van der Waals surface area contributed by atoms with Crippen LogP contribution >= 0.6 is 12.2 Å². The normalized spacial score (nSPS) is 17.1. The second-order valence-corrected chi connectivity index (χ2v) is 7.94. The van der Waals surface area contributed by atoms with Gasteiger partial charge in [0.2, 0.25) is 0 Å². The van der Waals surface area contributed by atoms with Crippen LogP contribution in [-0.4, -0.2) is 15.8 Å². The first-order valence-electron chi connectivity index (χ1n) is 9.68. The Balaban J connectivity index is 1.51. The van der Waals surface area contributed by atoms with E-state index < -0.39 is 0 Å². The van der Waals surface area contributed by atoms with Gasteiger partial charge in [-0.15, -0.1) is 0 Å². The number of nitrogens with one attached hydrogen (secondary N) is 3. The Hall–Kier alpha value is -2.73. The van der Waals surface area contributed by atoms with Crippen molar-refractivity contribution >= 4 is 28.7 Å². The number of aromatic hydroxyl groups is 1. The zero-order chi connectivity index (χ0) is 19.6. The van der Waals surface area contributed by atoms with Crippen LogP contribution in [0.4, 0.5) is 5.69 Å². The summed E-state index contributed by atoms with van der Waals surface area (Å²) in [5, 5.41) is 13.6. The van der Waals surface area contributed by atoms with Gasteiger partial charge in [-0.2, -0.15) is 0 Å². The van der Waals surface area contributed by atoms with E-state index >= 15 is 0 Å². The standard InChI is InChI=1S/C22H25N3O2S/c1-15-5-7-16(8-6-15)23-21(28)25-24-19-14-22(11-3-2-4-12-22)27-20-10-9-17(26)13-18(19)20/h5-10,13-14,24,26H,2-4,11-12H2,1H3,(H2,23,25,28). The van der Waals surface area contributed by atoms with Gasteiger partial charge < -0.3 is 15.2 Å². The van der Waals surface area contributed by atoms with Crippen molar-refractivity contribution in [3.05, 3.63) is 59.7 Å². The number of ether oxygens (including phenoxy) is 1. The number of phenolic OH excluding ortho intramolecular Hbond substituents is 1. The van der Waals surface area contributed by atoms with Crippen molar-refractivity contribution in [2.24, 2.45) is 0 Å². The molecular weight excluding hydrogens is 370 g/mol. The molecule has 0 atom stereocenters. The van der Waals surface area contributed by atoms with Gasteiger partial charge in [-0.05, 0) is 81.2 Å². The fourth-order valence-electron chi connectivity index (χ4n) is 3.83. The quantitative estimate of drug-likeness (QED) is 0.449. The molecule has 4 rings (SSSR count). The summed E-state index contributed by atoms with van der Waals surface area (Å²) in [5.74, 6) is 0.985. The van der Waals surface area contributed by atoms with Crippen molar-refractivity contribution in [3.8, 4) is 11.5 Å². The van der Waals surface area contributed by atoms with E-state index in [-0.39, 0.29) is 11.4 Å². The van der Waals surface area contributed by atoms with E-state index in [1.807, 2.05) is 37.3 Å². The Morgan fingerprint density at radius 3 is 2.57 bits per heavy atom. The molecule has 0 amide bonds. The van der Waals surface area contributed by atoms with Crippen LogP contribution in [-0.2, 0) is 0 Å². The molecule has 0 aromatic heterocycles. The van der Waals surface area contributed by atoms with Crippen LogP contribution in [0.2, 0.25) is 0 Å². The number of fused-ring (bicyclic) bond motifs is 1. The predicted molar refractivity (Wildman–Crippen MR) is 116 cm³/mol. The lowest BCUT2D eigenvalue weighted by Crippen LogP contribution is -2.44. The molecule has 2 aliphatic rings. The van der Waals surface area contributed by atoms with Gasteiger partial charge >= 0.3 is 0 Å². The molecule has 0 radical (unpaired) electrons. The maximum absolute atomic E-state index is 9.93. The maximum Gasteiger partial charge on any atom is 0.189 e. The summed E-state index contributed by atoms with van der Waals surface area (Å²) in [4.78, 5) is 0. The molecule has 1 fully saturated rings. The highest BCUT2D eigenvalue weighted by Crippen LogP contribution is 2.42. The van der Waals surface area contributed by atoms with E-state index in [4.69, 9.17) is 17.0 Å². The molecule has 2 aromatic rings. The molecule has 0 bridgehead atoms. The summed E-state index contributed by atoms with van der Waals surface area (Å²) in [6, 6.07) is 13.2. The Morgan fingerprint density at radius 2 is 1.82 bits per heavy atom. The van der Waals surface area contributed by atoms with Gasteiger partial charge in [-0.1, -0.05) is 24.1 Å². The summed E-state index contributed by atoms with van der Waals surface area (Å²) >= 11 is 5.42. The van der Waals surface area contributed by atoms with E-state index in [0.29, 0.717) is 5.11 Å². The van der Waals surface area contributed by atoms with E-state index in [1.165, 1.54) is 12.0 Å². The molecule has 0 saturated heterocycles. The van der Waals surface area contributed by atoms with Crippen LogP contribution in [0.1, 0.15) is 43.2 Å². The molecule has 2 aromatic carbocycles. The Morgan fingerprint density at radius 1 is 1.07 bits per heavy atom. The molecule has 1 aliphatic carbocycles. The van der Waals surface area contributed by atoms with E-state index in [2.05, 4.69) is 22.2 Å². The van der Waals surface area contributed by atoms with E-state index in [9.17, 15) is 5.11 Å². The highest BCUT2D eigenvalue weighted by molar-refractivity contribution is 7.80. The second-order valence-electron chi connectivity index (χ2n) is 7.54. The number of hydrogen-bond acceptors (Lipinski definition) is 4. The van der Waals surface area contributed by atoms with Gasteiger partial charge in [0.1, 0.15) is 17.1 Å². The minimum absolute atomic E-state index is 0.204. The summed E-state index contributed by atoms with van der Waals surface area (Å²) < 4.78 is 6.36. The zero-order valence-electron chi connectivity index (χ0n) is 15.9. The first-order chi connectivity index (χ1) is 13.5. The third-order valence-corrected chi connectivity index (χ3v) is 5.50. The summed E-state index contributed by atoms with van der Waals surface area (Å²) in [5.41, 5.74) is 9.80. The molecular formula is C22H25N3O2S. The smallest absolute Gasteiger partial charge is 0.189 e. The fourth-order valence-corrected chi connectivity index (χ4v) is 4.00. The van der Waals surface area contributed by atoms with Crippen LogP contribution in [0.5, 0.6) is 11.5 Å². The van der Waals surface area contributed by atoms with Crippen molar-refractivity contribution in [1.82, 2.24) is 10.9 Å². The van der Waals surface area contributed by atoms with Crippen LogP contribution in [0, 0.1) is 6.92 Å². The number of anilines is 1. The lowest BCUT2D eigenvalue weighted by molar-refractivity contribution is 0.0739. The van der Waals surface area contributed by atoms with Crippen molar-refractivity contribution in [1.29, 1.82) is 0 Å². The van der Waals surface area contributed by atoms with Crippen molar-refractivity contribution < 1.29 is 9.84 Å². The molecule has 146 valence electrons. The van der Waals surface area contributed by atoms with Gasteiger partial charge in [-0.25, -0.2) is 0 Å². The first-order valence-corrected chi connectivity index (χ1v) is 10.1. The Bertz CT molecular complexity index is 902. The largest absolute Gasteiger partial charge is 0.508 e. The van der Waals surface area contributed by atoms with Gasteiger partial charge in [0.15, 0.2) is 5.11 Å². The molecule has 1 spiro atoms. The number of thiocarbonyl (C=S) groups is 1. The minimum atomic E-state index is -0.293. The number of hydrogen-bond donors (Lipinski definition) is 4. The number of hydrazine groups is 1. The van der Waals surface area contributed by atoms with Crippen LogP contribution in [0.25, 0.3) is 5.70 Å². The van der Waals surface area contributed by atoms with Crippen molar-refractivity contribution in [2.45, 2.75) is 44.6 Å².